The minimum atomic E-state index is -0.537. The molecule has 31 heavy (non-hydrogen) atoms. The second kappa shape index (κ2) is 10.4. The molecule has 1 amide bonds. The molecular weight excluding hydrogens is 394 g/mol. The zero-order valence-electron chi connectivity index (χ0n) is 17.3. The molecule has 0 fully saturated rings. The number of nitrogens with zero attached hydrogens (tertiary/aromatic N) is 2. The highest BCUT2D eigenvalue weighted by Gasteiger charge is 2.25. The van der Waals surface area contributed by atoms with Crippen LogP contribution in [0, 0.1) is 10.1 Å². The van der Waals surface area contributed by atoms with E-state index < -0.39 is 4.92 Å². The predicted molar refractivity (Wildman–Crippen MR) is 119 cm³/mol. The first kappa shape index (κ1) is 22.0. The Morgan fingerprint density at radius 1 is 1.06 bits per heavy atom. The van der Waals surface area contributed by atoms with Crippen LogP contribution in [0.2, 0.25) is 0 Å². The van der Waals surface area contributed by atoms with Crippen LogP contribution >= 0.6 is 0 Å². The SMILES string of the molecule is CC(c1ccccc1)N(CCN)C(=O)c1ccc(OCc2ccccc2)c([N+](=O)[O-])c1. The van der Waals surface area contributed by atoms with Crippen molar-refractivity contribution in [1.29, 1.82) is 0 Å². The third-order valence-electron chi connectivity index (χ3n) is 5.02. The second-order valence-corrected chi connectivity index (χ2v) is 7.09. The molecule has 0 bridgehead atoms. The van der Waals surface area contributed by atoms with Gasteiger partial charge in [-0.1, -0.05) is 60.7 Å². The average molecular weight is 419 g/mol. The van der Waals surface area contributed by atoms with Gasteiger partial charge in [-0.25, -0.2) is 0 Å². The van der Waals surface area contributed by atoms with Crippen LogP contribution in [0.5, 0.6) is 5.75 Å². The number of hydrogen-bond acceptors (Lipinski definition) is 5. The number of rotatable bonds is 9. The van der Waals surface area contributed by atoms with Crippen molar-refractivity contribution in [3.63, 3.8) is 0 Å². The van der Waals surface area contributed by atoms with Crippen LogP contribution in [-0.4, -0.2) is 28.8 Å². The normalized spacial score (nSPS) is 11.5. The quantitative estimate of drug-likeness (QED) is 0.411. The van der Waals surface area contributed by atoms with Crippen LogP contribution in [-0.2, 0) is 6.61 Å². The monoisotopic (exact) mass is 419 g/mol. The van der Waals surface area contributed by atoms with Gasteiger partial charge in [0.15, 0.2) is 5.75 Å². The van der Waals surface area contributed by atoms with Gasteiger partial charge in [0.1, 0.15) is 6.61 Å². The van der Waals surface area contributed by atoms with Gasteiger partial charge in [0.25, 0.3) is 5.91 Å². The summed E-state index contributed by atoms with van der Waals surface area (Å²) in [5.74, 6) is -0.202. The number of carbonyl (C=O) groups is 1. The van der Waals surface area contributed by atoms with E-state index in [4.69, 9.17) is 10.5 Å². The van der Waals surface area contributed by atoms with E-state index in [1.165, 1.54) is 12.1 Å². The maximum atomic E-state index is 13.2. The summed E-state index contributed by atoms with van der Waals surface area (Å²) >= 11 is 0. The highest BCUT2D eigenvalue weighted by molar-refractivity contribution is 5.95. The fourth-order valence-corrected chi connectivity index (χ4v) is 3.34. The molecule has 0 heterocycles. The Balaban J connectivity index is 1.85. The predicted octanol–water partition coefficient (Wildman–Crippen LogP) is 4.34. The molecule has 1 atom stereocenters. The van der Waals surface area contributed by atoms with E-state index in [-0.39, 0.29) is 42.1 Å². The van der Waals surface area contributed by atoms with Gasteiger partial charge in [-0.2, -0.15) is 0 Å². The number of carbonyl (C=O) groups excluding carboxylic acids is 1. The lowest BCUT2D eigenvalue weighted by Crippen LogP contribution is -2.37. The van der Waals surface area contributed by atoms with Crippen molar-refractivity contribution < 1.29 is 14.5 Å². The molecule has 3 rings (SSSR count). The van der Waals surface area contributed by atoms with Crippen molar-refractivity contribution in [1.82, 2.24) is 4.90 Å². The molecule has 1 unspecified atom stereocenters. The number of ether oxygens (including phenoxy) is 1. The lowest BCUT2D eigenvalue weighted by atomic mass is 10.0. The number of amides is 1. The van der Waals surface area contributed by atoms with E-state index in [0.717, 1.165) is 11.1 Å². The summed E-state index contributed by atoms with van der Waals surface area (Å²) in [5.41, 5.74) is 7.56. The van der Waals surface area contributed by atoms with Gasteiger partial charge in [0, 0.05) is 24.7 Å². The largest absolute Gasteiger partial charge is 0.482 e. The van der Waals surface area contributed by atoms with E-state index in [1.807, 2.05) is 67.6 Å². The zero-order chi connectivity index (χ0) is 22.2. The summed E-state index contributed by atoms with van der Waals surface area (Å²) in [5, 5.41) is 11.6. The van der Waals surface area contributed by atoms with Crippen molar-refractivity contribution in [2.45, 2.75) is 19.6 Å². The fraction of sp³-hybridized carbons (Fsp3) is 0.208. The van der Waals surface area contributed by atoms with Crippen LogP contribution in [0.3, 0.4) is 0 Å². The number of benzene rings is 3. The van der Waals surface area contributed by atoms with Crippen molar-refractivity contribution in [2.75, 3.05) is 13.1 Å². The van der Waals surface area contributed by atoms with Gasteiger partial charge in [0.05, 0.1) is 11.0 Å². The van der Waals surface area contributed by atoms with Crippen LogP contribution in [0.1, 0.15) is 34.5 Å². The molecule has 0 aromatic heterocycles. The van der Waals surface area contributed by atoms with E-state index in [0.29, 0.717) is 6.54 Å². The maximum Gasteiger partial charge on any atom is 0.311 e. The molecule has 0 aliphatic rings. The average Bonchev–Trinajstić information content (AvgIpc) is 2.81. The molecule has 3 aromatic rings. The van der Waals surface area contributed by atoms with Crippen LogP contribution < -0.4 is 10.5 Å². The summed E-state index contributed by atoms with van der Waals surface area (Å²) in [7, 11) is 0. The smallest absolute Gasteiger partial charge is 0.311 e. The molecule has 0 saturated carbocycles. The minimum Gasteiger partial charge on any atom is -0.482 e. The number of nitro benzene ring substituents is 1. The molecule has 160 valence electrons. The highest BCUT2D eigenvalue weighted by atomic mass is 16.6. The molecule has 0 radical (unpaired) electrons. The molecule has 0 spiro atoms. The van der Waals surface area contributed by atoms with Crippen LogP contribution in [0.4, 0.5) is 5.69 Å². The molecule has 7 nitrogen and oxygen atoms in total. The van der Waals surface area contributed by atoms with E-state index in [9.17, 15) is 14.9 Å². The summed E-state index contributed by atoms with van der Waals surface area (Å²) in [6.45, 7) is 2.71. The Labute approximate surface area is 181 Å². The lowest BCUT2D eigenvalue weighted by molar-refractivity contribution is -0.386. The van der Waals surface area contributed by atoms with Gasteiger partial charge in [-0.05, 0) is 30.2 Å². The third-order valence-corrected chi connectivity index (χ3v) is 5.02. The first-order chi connectivity index (χ1) is 15.0. The Morgan fingerprint density at radius 2 is 1.71 bits per heavy atom. The second-order valence-electron chi connectivity index (χ2n) is 7.09. The van der Waals surface area contributed by atoms with Gasteiger partial charge >= 0.3 is 5.69 Å². The Hall–Kier alpha value is -3.71. The molecular formula is C24H25N3O4. The van der Waals surface area contributed by atoms with Crippen molar-refractivity contribution >= 4 is 11.6 Å². The van der Waals surface area contributed by atoms with Gasteiger partial charge in [-0.15, -0.1) is 0 Å². The number of nitro groups is 1. The van der Waals surface area contributed by atoms with Gasteiger partial charge in [0.2, 0.25) is 0 Å². The summed E-state index contributed by atoms with van der Waals surface area (Å²) < 4.78 is 5.66. The highest BCUT2D eigenvalue weighted by Crippen LogP contribution is 2.30. The van der Waals surface area contributed by atoms with Crippen LogP contribution in [0.15, 0.2) is 78.9 Å². The number of nitrogens with two attached hydrogens (primary N) is 1. The van der Waals surface area contributed by atoms with E-state index >= 15 is 0 Å². The summed E-state index contributed by atoms with van der Waals surface area (Å²) in [6.07, 6.45) is 0. The van der Waals surface area contributed by atoms with Gasteiger partial charge in [-0.3, -0.25) is 14.9 Å². The van der Waals surface area contributed by atoms with Crippen molar-refractivity contribution in [2.24, 2.45) is 5.73 Å². The van der Waals surface area contributed by atoms with Crippen molar-refractivity contribution in [3.8, 4) is 5.75 Å². The van der Waals surface area contributed by atoms with Crippen LogP contribution in [0.25, 0.3) is 0 Å². The summed E-state index contributed by atoms with van der Waals surface area (Å²) in [4.78, 5) is 25.9. The lowest BCUT2D eigenvalue weighted by Gasteiger charge is -2.29. The van der Waals surface area contributed by atoms with E-state index in [1.54, 1.807) is 11.0 Å². The Bertz CT molecular complexity index is 1030. The minimum absolute atomic E-state index is 0.117. The molecule has 0 saturated heterocycles. The Kier molecular flexibility index (Phi) is 7.35. The third kappa shape index (κ3) is 5.46. The molecule has 0 aliphatic heterocycles. The zero-order valence-corrected chi connectivity index (χ0v) is 17.3. The van der Waals surface area contributed by atoms with E-state index in [2.05, 4.69) is 0 Å². The topological polar surface area (TPSA) is 98.7 Å². The summed E-state index contributed by atoms with van der Waals surface area (Å²) in [6, 6.07) is 23.0. The molecule has 0 aliphatic carbocycles. The Morgan fingerprint density at radius 3 is 2.32 bits per heavy atom. The maximum absolute atomic E-state index is 13.2. The van der Waals surface area contributed by atoms with Crippen molar-refractivity contribution in [3.05, 3.63) is 106 Å². The van der Waals surface area contributed by atoms with Gasteiger partial charge < -0.3 is 15.4 Å². The number of hydrogen-bond donors (Lipinski definition) is 1. The molecule has 2 N–H and O–H groups in total. The molecule has 7 heteroatoms. The fourth-order valence-electron chi connectivity index (χ4n) is 3.34. The molecule has 3 aromatic carbocycles. The first-order valence-corrected chi connectivity index (χ1v) is 10.0. The standard InChI is InChI=1S/C24H25N3O4/c1-18(20-10-6-3-7-11-20)26(15-14-25)24(28)21-12-13-23(22(16-21)27(29)30)31-17-19-8-4-2-5-9-19/h2-13,16,18H,14-15,17,25H2,1H3. The first-order valence-electron chi connectivity index (χ1n) is 10.0.